The number of hydrogen-bond donors (Lipinski definition) is 2. The Balaban J connectivity index is 1.92. The third-order valence-corrected chi connectivity index (χ3v) is 4.21. The number of rotatable bonds is 5. The summed E-state index contributed by atoms with van der Waals surface area (Å²) in [7, 11) is 3.19. The summed E-state index contributed by atoms with van der Waals surface area (Å²) in [6.45, 7) is 2.60. The van der Waals surface area contributed by atoms with Gasteiger partial charge in [-0.1, -0.05) is 12.1 Å². The van der Waals surface area contributed by atoms with Gasteiger partial charge in [0.2, 0.25) is 0 Å². The molecule has 0 aliphatic carbocycles. The maximum atomic E-state index is 12.6. The molecule has 0 saturated heterocycles. The maximum absolute atomic E-state index is 12.6. The van der Waals surface area contributed by atoms with Crippen LogP contribution in [0.5, 0.6) is 5.75 Å². The van der Waals surface area contributed by atoms with Crippen LogP contribution >= 0.6 is 11.3 Å². The molecule has 2 rings (SSSR count). The molecule has 0 aliphatic rings. The van der Waals surface area contributed by atoms with Crippen molar-refractivity contribution in [1.82, 2.24) is 15.6 Å². The van der Waals surface area contributed by atoms with Crippen LogP contribution in [0.2, 0.25) is 0 Å². The molecule has 1 heterocycles. The van der Waals surface area contributed by atoms with E-state index < -0.39 is 11.9 Å². The molecular weight excluding hydrogens is 353 g/mol. The number of nitrogens with one attached hydrogen (secondary N) is 2. The molecule has 2 N–H and O–H groups in total. The fourth-order valence-electron chi connectivity index (χ4n) is 2.08. The number of nitrogens with zero attached hydrogens (tertiary/aromatic N) is 2. The summed E-state index contributed by atoms with van der Waals surface area (Å²) in [6.07, 6.45) is -4.42. The summed E-state index contributed by atoms with van der Waals surface area (Å²) < 4.78 is 43.0. The second-order valence-corrected chi connectivity index (χ2v) is 6.16. The van der Waals surface area contributed by atoms with Crippen molar-refractivity contribution in [2.75, 3.05) is 14.2 Å². The van der Waals surface area contributed by atoms with E-state index in [4.69, 9.17) is 4.74 Å². The lowest BCUT2D eigenvalue weighted by atomic mass is 10.1. The van der Waals surface area contributed by atoms with Crippen molar-refractivity contribution < 1.29 is 17.9 Å². The highest BCUT2D eigenvalue weighted by Crippen LogP contribution is 2.29. The first-order valence-electron chi connectivity index (χ1n) is 7.43. The van der Waals surface area contributed by atoms with Gasteiger partial charge in [0.05, 0.1) is 13.7 Å². The third-order valence-electron chi connectivity index (χ3n) is 3.36. The van der Waals surface area contributed by atoms with E-state index in [2.05, 4.69) is 20.6 Å². The summed E-state index contributed by atoms with van der Waals surface area (Å²) in [5.74, 6) is 1.23. The van der Waals surface area contributed by atoms with Gasteiger partial charge in [0.15, 0.2) is 11.7 Å². The van der Waals surface area contributed by atoms with Gasteiger partial charge in [0, 0.05) is 24.5 Å². The van der Waals surface area contributed by atoms with Gasteiger partial charge in [-0.05, 0) is 18.6 Å². The number of halogens is 3. The van der Waals surface area contributed by atoms with E-state index in [0.29, 0.717) is 17.5 Å². The van der Waals surface area contributed by atoms with Crippen LogP contribution in [0.25, 0.3) is 0 Å². The number of aryl methyl sites for hydroxylation is 1. The first kappa shape index (κ1) is 19.0. The Bertz CT molecular complexity index is 743. The monoisotopic (exact) mass is 372 g/mol. The highest BCUT2D eigenvalue weighted by molar-refractivity contribution is 7.09. The SMILES string of the molecule is CN=C(NCc1nc(C(F)(F)F)cs1)NCc1ccc(C)cc1OC. The molecule has 1 aromatic heterocycles. The van der Waals surface area contributed by atoms with E-state index in [1.807, 2.05) is 25.1 Å². The van der Waals surface area contributed by atoms with Crippen molar-refractivity contribution in [2.45, 2.75) is 26.2 Å². The first-order chi connectivity index (χ1) is 11.8. The Kier molecular flexibility index (Phi) is 6.24. The fourth-order valence-corrected chi connectivity index (χ4v) is 2.82. The van der Waals surface area contributed by atoms with Crippen molar-refractivity contribution in [2.24, 2.45) is 4.99 Å². The van der Waals surface area contributed by atoms with Gasteiger partial charge < -0.3 is 15.4 Å². The average Bonchev–Trinajstić information content (AvgIpc) is 3.05. The highest BCUT2D eigenvalue weighted by Gasteiger charge is 2.33. The minimum absolute atomic E-state index is 0.158. The molecule has 9 heteroatoms. The Morgan fingerprint density at radius 1 is 1.28 bits per heavy atom. The zero-order valence-electron chi connectivity index (χ0n) is 14.1. The van der Waals surface area contributed by atoms with Gasteiger partial charge in [-0.15, -0.1) is 11.3 Å². The topological polar surface area (TPSA) is 58.5 Å². The van der Waals surface area contributed by atoms with Crippen LogP contribution in [0.4, 0.5) is 13.2 Å². The molecule has 0 aliphatic heterocycles. The predicted molar refractivity (Wildman–Crippen MR) is 91.9 cm³/mol. The number of ether oxygens (including phenoxy) is 1. The largest absolute Gasteiger partial charge is 0.496 e. The second kappa shape index (κ2) is 8.19. The summed E-state index contributed by atoms with van der Waals surface area (Å²) in [4.78, 5) is 7.63. The number of methoxy groups -OCH3 is 1. The number of alkyl halides is 3. The lowest BCUT2D eigenvalue weighted by molar-refractivity contribution is -0.140. The molecule has 0 atom stereocenters. The van der Waals surface area contributed by atoms with Crippen molar-refractivity contribution in [3.05, 3.63) is 45.4 Å². The molecule has 136 valence electrons. The summed E-state index contributed by atoms with van der Waals surface area (Å²) in [6, 6.07) is 5.86. The standard InChI is InChI=1S/C16H19F3N4OS/c1-10-4-5-11(12(6-10)24-3)7-21-15(20-2)22-8-14-23-13(9-25-14)16(17,18)19/h4-6,9H,7-8H2,1-3H3,(H2,20,21,22). The molecule has 0 unspecified atom stereocenters. The zero-order chi connectivity index (χ0) is 18.4. The molecule has 5 nitrogen and oxygen atoms in total. The number of aliphatic imine (C=N–C) groups is 1. The molecule has 0 spiro atoms. The van der Waals surface area contributed by atoms with Crippen LogP contribution in [-0.4, -0.2) is 25.1 Å². The molecule has 0 bridgehead atoms. The molecule has 0 saturated carbocycles. The highest BCUT2D eigenvalue weighted by atomic mass is 32.1. The Hall–Kier alpha value is -2.29. The molecular formula is C16H19F3N4OS. The van der Waals surface area contributed by atoms with Crippen LogP contribution < -0.4 is 15.4 Å². The number of thiazole rings is 1. The fraction of sp³-hybridized carbons (Fsp3) is 0.375. The molecule has 1 aromatic carbocycles. The number of hydrogen-bond acceptors (Lipinski definition) is 4. The smallest absolute Gasteiger partial charge is 0.434 e. The van der Waals surface area contributed by atoms with Gasteiger partial charge in [0.1, 0.15) is 10.8 Å². The molecule has 2 aromatic rings. The van der Waals surface area contributed by atoms with Crippen molar-refractivity contribution >= 4 is 17.3 Å². The quantitative estimate of drug-likeness (QED) is 0.624. The average molecular weight is 372 g/mol. The molecule has 0 amide bonds. The van der Waals surface area contributed by atoms with Crippen LogP contribution in [0.1, 0.15) is 21.8 Å². The number of aromatic nitrogens is 1. The minimum atomic E-state index is -4.42. The van der Waals surface area contributed by atoms with Gasteiger partial charge in [0.25, 0.3) is 0 Å². The number of benzene rings is 1. The van der Waals surface area contributed by atoms with Gasteiger partial charge in [-0.25, -0.2) is 4.98 Å². The minimum Gasteiger partial charge on any atom is -0.496 e. The second-order valence-electron chi connectivity index (χ2n) is 5.22. The Labute approximate surface area is 148 Å². The Morgan fingerprint density at radius 2 is 2.00 bits per heavy atom. The van der Waals surface area contributed by atoms with E-state index in [-0.39, 0.29) is 6.54 Å². The van der Waals surface area contributed by atoms with E-state index in [0.717, 1.165) is 33.6 Å². The van der Waals surface area contributed by atoms with Gasteiger partial charge in [-0.3, -0.25) is 4.99 Å². The van der Waals surface area contributed by atoms with E-state index in [1.165, 1.54) is 0 Å². The number of guanidine groups is 1. The zero-order valence-corrected chi connectivity index (χ0v) is 14.9. The van der Waals surface area contributed by atoms with Crippen molar-refractivity contribution in [1.29, 1.82) is 0 Å². The summed E-state index contributed by atoms with van der Waals surface area (Å²) in [5.41, 5.74) is 1.17. The van der Waals surface area contributed by atoms with E-state index in [1.54, 1.807) is 14.2 Å². The van der Waals surface area contributed by atoms with Crippen molar-refractivity contribution in [3.63, 3.8) is 0 Å². The molecule has 0 fully saturated rings. The van der Waals surface area contributed by atoms with Gasteiger partial charge >= 0.3 is 6.18 Å². The van der Waals surface area contributed by atoms with E-state index in [9.17, 15) is 13.2 Å². The van der Waals surface area contributed by atoms with Crippen LogP contribution in [0.3, 0.4) is 0 Å². The first-order valence-corrected chi connectivity index (χ1v) is 8.31. The van der Waals surface area contributed by atoms with Crippen molar-refractivity contribution in [3.8, 4) is 5.75 Å². The predicted octanol–water partition coefficient (Wildman–Crippen LogP) is 3.34. The summed E-state index contributed by atoms with van der Waals surface area (Å²) in [5, 5.41) is 7.39. The summed E-state index contributed by atoms with van der Waals surface area (Å²) >= 11 is 0.955. The lowest BCUT2D eigenvalue weighted by Gasteiger charge is -2.13. The third kappa shape index (κ3) is 5.35. The molecule has 25 heavy (non-hydrogen) atoms. The maximum Gasteiger partial charge on any atom is 0.434 e. The normalized spacial score (nSPS) is 12.2. The van der Waals surface area contributed by atoms with Gasteiger partial charge in [-0.2, -0.15) is 13.2 Å². The molecule has 0 radical (unpaired) electrons. The van der Waals surface area contributed by atoms with Crippen LogP contribution in [0.15, 0.2) is 28.6 Å². The van der Waals surface area contributed by atoms with E-state index >= 15 is 0 Å². The van der Waals surface area contributed by atoms with Crippen LogP contribution in [0, 0.1) is 6.92 Å². The lowest BCUT2D eigenvalue weighted by Crippen LogP contribution is -2.36. The van der Waals surface area contributed by atoms with Crippen LogP contribution in [-0.2, 0) is 19.3 Å². The Morgan fingerprint density at radius 3 is 2.60 bits per heavy atom.